The van der Waals surface area contributed by atoms with Gasteiger partial charge in [0.05, 0.1) is 11.0 Å². The van der Waals surface area contributed by atoms with Crippen molar-refractivity contribution in [3.63, 3.8) is 0 Å². The predicted molar refractivity (Wildman–Crippen MR) is 148 cm³/mol. The summed E-state index contributed by atoms with van der Waals surface area (Å²) in [5.41, 5.74) is 8.35. The van der Waals surface area contributed by atoms with E-state index < -0.39 is 0 Å². The summed E-state index contributed by atoms with van der Waals surface area (Å²) in [5.74, 6) is 0. The summed E-state index contributed by atoms with van der Waals surface area (Å²) < 4.78 is 2.11. The molecular formula is C30H29N5O. The van der Waals surface area contributed by atoms with E-state index in [0.717, 1.165) is 40.1 Å². The fraction of sp³-hybridized carbons (Fsp3) is 0.133. The average Bonchev–Trinajstić information content (AvgIpc) is 3.33. The number of carbonyl (C=O) groups is 1. The van der Waals surface area contributed by atoms with Crippen molar-refractivity contribution in [3.05, 3.63) is 103 Å². The molecule has 0 fully saturated rings. The van der Waals surface area contributed by atoms with Gasteiger partial charge in [0.2, 0.25) is 0 Å². The maximum Gasteiger partial charge on any atom is 0.319 e. The minimum Gasteiger partial charge on any atom is -0.337 e. The number of carbonyl (C=O) groups excluding carboxylic acids is 1. The molecule has 0 saturated heterocycles. The molecule has 1 heterocycles. The van der Waals surface area contributed by atoms with Gasteiger partial charge in [-0.2, -0.15) is 0 Å². The predicted octanol–water partition coefficient (Wildman–Crippen LogP) is 6.04. The first-order valence-corrected chi connectivity index (χ1v) is 12.0. The summed E-state index contributed by atoms with van der Waals surface area (Å²) >= 11 is 0. The molecule has 2 N–H and O–H groups in total. The molecule has 6 heteroatoms. The number of likely N-dealkylation sites (N-methyl/N-ethyl adjacent to an activating group) is 1. The molecule has 0 aliphatic heterocycles. The van der Waals surface area contributed by atoms with Crippen LogP contribution < -0.4 is 10.6 Å². The SMILES string of the molecule is CN(C)CCNC(=O)Nc1ccc(-c2ccc3ncn(-c4ccc(-c5ccccc5)cc4)c3c2)cc1. The first-order chi connectivity index (χ1) is 17.6. The number of hydrogen-bond acceptors (Lipinski definition) is 3. The molecule has 0 spiro atoms. The molecule has 1 aromatic heterocycles. The van der Waals surface area contributed by atoms with Gasteiger partial charge in [0.1, 0.15) is 6.33 Å². The fourth-order valence-corrected chi connectivity index (χ4v) is 4.15. The van der Waals surface area contributed by atoms with Gasteiger partial charge in [-0.3, -0.25) is 4.57 Å². The molecule has 5 aromatic rings. The van der Waals surface area contributed by atoms with Gasteiger partial charge in [-0.1, -0.05) is 60.7 Å². The number of nitrogens with zero attached hydrogens (tertiary/aromatic N) is 3. The molecule has 5 rings (SSSR count). The largest absolute Gasteiger partial charge is 0.337 e. The number of anilines is 1. The second-order valence-electron chi connectivity index (χ2n) is 8.99. The summed E-state index contributed by atoms with van der Waals surface area (Å²) in [7, 11) is 3.95. The lowest BCUT2D eigenvalue weighted by Crippen LogP contribution is -2.34. The molecule has 0 saturated carbocycles. The van der Waals surface area contributed by atoms with Crippen LogP contribution in [-0.2, 0) is 0 Å². The molecule has 0 bridgehead atoms. The van der Waals surface area contributed by atoms with E-state index in [-0.39, 0.29) is 6.03 Å². The highest BCUT2D eigenvalue weighted by molar-refractivity contribution is 5.90. The Morgan fingerprint density at radius 3 is 2.17 bits per heavy atom. The van der Waals surface area contributed by atoms with Gasteiger partial charge in [0.15, 0.2) is 0 Å². The van der Waals surface area contributed by atoms with Crippen LogP contribution in [0, 0.1) is 0 Å². The van der Waals surface area contributed by atoms with Crippen molar-refractivity contribution in [2.75, 3.05) is 32.5 Å². The second kappa shape index (κ2) is 10.5. The molecule has 0 aliphatic carbocycles. The number of benzene rings is 4. The number of nitrogens with one attached hydrogen (secondary N) is 2. The van der Waals surface area contributed by atoms with Crippen LogP contribution in [0.25, 0.3) is 39.0 Å². The second-order valence-corrected chi connectivity index (χ2v) is 8.99. The molecule has 0 aliphatic rings. The third-order valence-corrected chi connectivity index (χ3v) is 6.12. The van der Waals surface area contributed by atoms with Gasteiger partial charge >= 0.3 is 6.03 Å². The van der Waals surface area contributed by atoms with E-state index in [4.69, 9.17) is 0 Å². The molecule has 4 aromatic carbocycles. The number of amides is 2. The van der Waals surface area contributed by atoms with Crippen molar-refractivity contribution >= 4 is 22.8 Å². The van der Waals surface area contributed by atoms with E-state index in [1.54, 1.807) is 0 Å². The Bertz CT molecular complexity index is 1460. The van der Waals surface area contributed by atoms with Crippen LogP contribution in [-0.4, -0.2) is 47.7 Å². The standard InChI is InChI=1S/C30H29N5O/c1-34(2)19-18-31-30(36)33-26-13-8-24(9-14-26)25-12-17-28-29(20-25)35(21-32-28)27-15-10-23(11-16-27)22-6-4-3-5-7-22/h3-17,20-21H,18-19H2,1-2H3,(H2,31,33,36). The average molecular weight is 476 g/mol. The maximum absolute atomic E-state index is 12.1. The smallest absolute Gasteiger partial charge is 0.319 e. The van der Waals surface area contributed by atoms with Crippen LogP contribution in [0.1, 0.15) is 0 Å². The molecular weight excluding hydrogens is 446 g/mol. The van der Waals surface area contributed by atoms with Crippen LogP contribution in [0.3, 0.4) is 0 Å². The lowest BCUT2D eigenvalue weighted by molar-refractivity contribution is 0.250. The van der Waals surface area contributed by atoms with Crippen LogP contribution in [0.5, 0.6) is 0 Å². The Hall–Kier alpha value is -4.42. The van der Waals surface area contributed by atoms with Crippen molar-refractivity contribution in [2.45, 2.75) is 0 Å². The van der Waals surface area contributed by atoms with E-state index in [1.165, 1.54) is 11.1 Å². The minimum atomic E-state index is -0.201. The van der Waals surface area contributed by atoms with Gasteiger partial charge in [0.25, 0.3) is 0 Å². The van der Waals surface area contributed by atoms with Crippen molar-refractivity contribution in [3.8, 4) is 27.9 Å². The zero-order valence-corrected chi connectivity index (χ0v) is 20.5. The first kappa shape index (κ1) is 23.3. The Balaban J connectivity index is 1.34. The lowest BCUT2D eigenvalue weighted by atomic mass is 10.0. The van der Waals surface area contributed by atoms with Gasteiger partial charge < -0.3 is 15.5 Å². The first-order valence-electron chi connectivity index (χ1n) is 12.0. The van der Waals surface area contributed by atoms with Crippen molar-refractivity contribution in [1.82, 2.24) is 19.8 Å². The quantitative estimate of drug-likeness (QED) is 0.302. The van der Waals surface area contributed by atoms with Crippen LogP contribution in [0.15, 0.2) is 103 Å². The maximum atomic E-state index is 12.1. The van der Waals surface area contributed by atoms with Crippen molar-refractivity contribution in [1.29, 1.82) is 0 Å². The van der Waals surface area contributed by atoms with Crippen LogP contribution in [0.2, 0.25) is 0 Å². The highest BCUT2D eigenvalue weighted by atomic mass is 16.2. The topological polar surface area (TPSA) is 62.2 Å². The molecule has 0 unspecified atom stereocenters. The van der Waals surface area contributed by atoms with E-state index in [9.17, 15) is 4.79 Å². The molecule has 36 heavy (non-hydrogen) atoms. The molecule has 0 atom stereocenters. The third kappa shape index (κ3) is 5.29. The summed E-state index contributed by atoms with van der Waals surface area (Å²) in [4.78, 5) is 18.7. The van der Waals surface area contributed by atoms with Crippen LogP contribution in [0.4, 0.5) is 10.5 Å². The zero-order valence-electron chi connectivity index (χ0n) is 20.5. The molecule has 6 nitrogen and oxygen atoms in total. The number of imidazole rings is 1. The van der Waals surface area contributed by atoms with E-state index >= 15 is 0 Å². The van der Waals surface area contributed by atoms with Gasteiger partial charge in [-0.15, -0.1) is 0 Å². The lowest BCUT2D eigenvalue weighted by Gasteiger charge is -2.11. The normalized spacial score (nSPS) is 11.1. The van der Waals surface area contributed by atoms with Gasteiger partial charge in [-0.05, 0) is 72.7 Å². The van der Waals surface area contributed by atoms with Crippen LogP contribution >= 0.6 is 0 Å². The molecule has 0 radical (unpaired) electrons. The number of aromatic nitrogens is 2. The summed E-state index contributed by atoms with van der Waals surface area (Å²) in [5, 5.41) is 5.74. The Morgan fingerprint density at radius 2 is 1.44 bits per heavy atom. The van der Waals surface area contributed by atoms with Gasteiger partial charge in [0, 0.05) is 24.5 Å². The minimum absolute atomic E-state index is 0.201. The number of hydrogen-bond donors (Lipinski definition) is 2. The summed E-state index contributed by atoms with van der Waals surface area (Å²) in [6.07, 6.45) is 1.87. The molecule has 2 amide bonds. The molecule has 180 valence electrons. The summed E-state index contributed by atoms with van der Waals surface area (Å²) in [6, 6.07) is 32.9. The number of urea groups is 1. The number of fused-ring (bicyclic) bond motifs is 1. The monoisotopic (exact) mass is 475 g/mol. The van der Waals surface area contributed by atoms with E-state index in [1.807, 2.05) is 61.7 Å². The van der Waals surface area contributed by atoms with Crippen molar-refractivity contribution < 1.29 is 4.79 Å². The Kier molecular flexibility index (Phi) is 6.78. The zero-order chi connectivity index (χ0) is 24.9. The van der Waals surface area contributed by atoms with E-state index in [2.05, 4.69) is 80.8 Å². The highest BCUT2D eigenvalue weighted by Gasteiger charge is 2.08. The highest BCUT2D eigenvalue weighted by Crippen LogP contribution is 2.28. The van der Waals surface area contributed by atoms with E-state index in [0.29, 0.717) is 6.54 Å². The Labute approximate surface area is 211 Å². The third-order valence-electron chi connectivity index (χ3n) is 6.12. The summed E-state index contributed by atoms with van der Waals surface area (Å²) in [6.45, 7) is 1.39. The number of rotatable bonds is 7. The van der Waals surface area contributed by atoms with Crippen molar-refractivity contribution in [2.24, 2.45) is 0 Å². The Morgan fingerprint density at radius 1 is 0.806 bits per heavy atom. The fourth-order valence-electron chi connectivity index (χ4n) is 4.15. The van der Waals surface area contributed by atoms with Gasteiger partial charge in [-0.25, -0.2) is 9.78 Å².